The second kappa shape index (κ2) is 5.94. The highest BCUT2D eigenvalue weighted by Gasteiger charge is 2.26. The van der Waals surface area contributed by atoms with Gasteiger partial charge in [0.15, 0.2) is 0 Å². The van der Waals surface area contributed by atoms with Crippen molar-refractivity contribution in [3.05, 3.63) is 16.6 Å². The van der Waals surface area contributed by atoms with E-state index in [0.29, 0.717) is 11.3 Å². The molecule has 0 aromatic carbocycles. The molecule has 4 heteroatoms. The minimum Gasteiger partial charge on any atom is -0.316 e. The van der Waals surface area contributed by atoms with Gasteiger partial charge in [0.1, 0.15) is 0 Å². The highest BCUT2D eigenvalue weighted by atomic mass is 32.1. The molecule has 1 aliphatic rings. The summed E-state index contributed by atoms with van der Waals surface area (Å²) in [6.07, 6.45) is 4.53. The van der Waals surface area contributed by atoms with Crippen LogP contribution in [0.4, 0.5) is 0 Å². The molecular weight excluding hydrogens is 230 g/mol. The summed E-state index contributed by atoms with van der Waals surface area (Å²) in [6, 6.07) is 0. The fraction of sp³-hybridized carbons (Fsp3) is 0.769. The van der Waals surface area contributed by atoms with Crippen LogP contribution >= 0.6 is 11.3 Å². The van der Waals surface area contributed by atoms with Gasteiger partial charge in [0.05, 0.1) is 5.01 Å². The van der Waals surface area contributed by atoms with E-state index < -0.39 is 0 Å². The van der Waals surface area contributed by atoms with Crippen molar-refractivity contribution in [1.29, 1.82) is 0 Å². The highest BCUT2D eigenvalue weighted by molar-refractivity contribution is 7.09. The first-order valence-corrected chi connectivity index (χ1v) is 7.38. The van der Waals surface area contributed by atoms with E-state index in [0.717, 1.165) is 19.6 Å². The van der Waals surface area contributed by atoms with Crippen molar-refractivity contribution in [3.8, 4) is 0 Å². The van der Waals surface area contributed by atoms with Crippen LogP contribution in [-0.4, -0.2) is 31.2 Å². The van der Waals surface area contributed by atoms with Crippen molar-refractivity contribution in [2.24, 2.45) is 5.41 Å². The van der Waals surface area contributed by atoms with Gasteiger partial charge < -0.3 is 10.6 Å². The molecular formula is C13H23N3S. The van der Waals surface area contributed by atoms with Gasteiger partial charge in [-0.15, -0.1) is 11.3 Å². The topological polar surface area (TPSA) is 37.0 Å². The lowest BCUT2D eigenvalue weighted by molar-refractivity contribution is 0.226. The first-order valence-electron chi connectivity index (χ1n) is 6.50. The largest absolute Gasteiger partial charge is 0.316 e. The van der Waals surface area contributed by atoms with E-state index in [4.69, 9.17) is 0 Å². The Labute approximate surface area is 108 Å². The molecule has 2 rings (SSSR count). The number of nitrogens with zero attached hydrogens (tertiary/aromatic N) is 1. The predicted molar refractivity (Wildman–Crippen MR) is 73.6 cm³/mol. The van der Waals surface area contributed by atoms with E-state index in [-0.39, 0.29) is 0 Å². The number of thiazole rings is 1. The average Bonchev–Trinajstić information content (AvgIpc) is 2.83. The second-order valence-corrected chi connectivity index (χ2v) is 6.42. The number of aromatic nitrogens is 1. The number of hydrogen-bond acceptors (Lipinski definition) is 4. The first kappa shape index (κ1) is 13.0. The Kier molecular flexibility index (Phi) is 4.54. The van der Waals surface area contributed by atoms with Crippen LogP contribution in [0.1, 0.15) is 37.6 Å². The lowest BCUT2D eigenvalue weighted by Gasteiger charge is -2.34. The Balaban J connectivity index is 1.72. The monoisotopic (exact) mass is 253 g/mol. The fourth-order valence-electron chi connectivity index (χ4n) is 2.43. The van der Waals surface area contributed by atoms with E-state index in [1.807, 2.05) is 6.20 Å². The molecule has 3 nitrogen and oxygen atoms in total. The van der Waals surface area contributed by atoms with E-state index in [1.54, 1.807) is 11.3 Å². The fourth-order valence-corrected chi connectivity index (χ4v) is 3.12. The van der Waals surface area contributed by atoms with Crippen LogP contribution in [0.15, 0.2) is 11.6 Å². The number of rotatable bonds is 5. The molecule has 1 fully saturated rings. The van der Waals surface area contributed by atoms with Crippen LogP contribution in [0.5, 0.6) is 0 Å². The Morgan fingerprint density at radius 1 is 1.65 bits per heavy atom. The zero-order chi connectivity index (χ0) is 12.1. The SMILES string of the molecule is CC(CNCC1(C)CCCNC1)c1nccs1. The van der Waals surface area contributed by atoms with E-state index in [1.165, 1.54) is 24.4 Å². The molecule has 96 valence electrons. The molecule has 0 spiro atoms. The zero-order valence-corrected chi connectivity index (χ0v) is 11.6. The Morgan fingerprint density at radius 2 is 2.53 bits per heavy atom. The van der Waals surface area contributed by atoms with Gasteiger partial charge in [0.25, 0.3) is 0 Å². The number of hydrogen-bond donors (Lipinski definition) is 2. The standard InChI is InChI=1S/C13H23N3S/c1-11(12-16-6-7-17-12)8-15-10-13(2)4-3-5-14-9-13/h6-7,11,14-15H,3-5,8-10H2,1-2H3. The van der Waals surface area contributed by atoms with E-state index >= 15 is 0 Å². The molecule has 0 radical (unpaired) electrons. The maximum Gasteiger partial charge on any atom is 0.0965 e. The predicted octanol–water partition coefficient (Wildman–Crippen LogP) is 2.23. The lowest BCUT2D eigenvalue weighted by atomic mass is 9.83. The Bertz CT molecular complexity index is 317. The zero-order valence-electron chi connectivity index (χ0n) is 10.8. The molecule has 2 N–H and O–H groups in total. The van der Waals surface area contributed by atoms with Crippen LogP contribution < -0.4 is 10.6 Å². The molecule has 17 heavy (non-hydrogen) atoms. The quantitative estimate of drug-likeness (QED) is 0.845. The minimum absolute atomic E-state index is 0.431. The van der Waals surface area contributed by atoms with Crippen molar-refractivity contribution in [2.45, 2.75) is 32.6 Å². The summed E-state index contributed by atoms with van der Waals surface area (Å²) in [5, 5.41) is 10.4. The molecule has 0 aliphatic carbocycles. The van der Waals surface area contributed by atoms with Gasteiger partial charge in [-0.05, 0) is 24.8 Å². The summed E-state index contributed by atoms with van der Waals surface area (Å²) in [5.41, 5.74) is 0.431. The summed E-state index contributed by atoms with van der Waals surface area (Å²) in [6.45, 7) is 9.09. The van der Waals surface area contributed by atoms with E-state index in [2.05, 4.69) is 34.8 Å². The average molecular weight is 253 g/mol. The van der Waals surface area contributed by atoms with Crippen molar-refractivity contribution in [2.75, 3.05) is 26.2 Å². The normalized spacial score (nSPS) is 26.9. The van der Waals surface area contributed by atoms with Crippen molar-refractivity contribution in [1.82, 2.24) is 15.6 Å². The molecule has 0 saturated carbocycles. The van der Waals surface area contributed by atoms with Gasteiger partial charge >= 0.3 is 0 Å². The molecule has 2 heterocycles. The van der Waals surface area contributed by atoms with Crippen molar-refractivity contribution in [3.63, 3.8) is 0 Å². The highest BCUT2D eigenvalue weighted by Crippen LogP contribution is 2.24. The summed E-state index contributed by atoms with van der Waals surface area (Å²) >= 11 is 1.75. The summed E-state index contributed by atoms with van der Waals surface area (Å²) in [5.74, 6) is 0.523. The third-order valence-corrected chi connectivity index (χ3v) is 4.57. The molecule has 1 aromatic rings. The van der Waals surface area contributed by atoms with E-state index in [9.17, 15) is 0 Å². The number of nitrogens with one attached hydrogen (secondary N) is 2. The van der Waals surface area contributed by atoms with Gasteiger partial charge in [-0.3, -0.25) is 0 Å². The Morgan fingerprint density at radius 3 is 3.18 bits per heavy atom. The second-order valence-electron chi connectivity index (χ2n) is 5.49. The van der Waals surface area contributed by atoms with Crippen molar-refractivity contribution < 1.29 is 0 Å². The van der Waals surface area contributed by atoms with Crippen LogP contribution in [-0.2, 0) is 0 Å². The van der Waals surface area contributed by atoms with Crippen LogP contribution in [0.2, 0.25) is 0 Å². The number of piperidine rings is 1. The molecule has 0 bridgehead atoms. The van der Waals surface area contributed by atoms with Gasteiger partial charge in [0.2, 0.25) is 0 Å². The Hall–Kier alpha value is -0.450. The third-order valence-electron chi connectivity index (χ3n) is 3.56. The molecule has 0 amide bonds. The molecule has 1 saturated heterocycles. The lowest BCUT2D eigenvalue weighted by Crippen LogP contribution is -2.44. The first-order chi connectivity index (χ1) is 8.20. The molecule has 2 atom stereocenters. The van der Waals surface area contributed by atoms with Gasteiger partial charge in [0, 0.05) is 37.1 Å². The van der Waals surface area contributed by atoms with Gasteiger partial charge in [-0.2, -0.15) is 0 Å². The summed E-state index contributed by atoms with van der Waals surface area (Å²) in [7, 11) is 0. The van der Waals surface area contributed by atoms with Crippen LogP contribution in [0.25, 0.3) is 0 Å². The summed E-state index contributed by atoms with van der Waals surface area (Å²) < 4.78 is 0. The van der Waals surface area contributed by atoms with Crippen LogP contribution in [0.3, 0.4) is 0 Å². The maximum absolute atomic E-state index is 4.37. The van der Waals surface area contributed by atoms with Crippen LogP contribution in [0, 0.1) is 5.41 Å². The van der Waals surface area contributed by atoms with Crippen molar-refractivity contribution >= 4 is 11.3 Å². The molecule has 2 unspecified atom stereocenters. The molecule has 1 aliphatic heterocycles. The minimum atomic E-state index is 0.431. The molecule has 1 aromatic heterocycles. The third kappa shape index (κ3) is 3.76. The van der Waals surface area contributed by atoms with Gasteiger partial charge in [-0.1, -0.05) is 13.8 Å². The maximum atomic E-state index is 4.37. The smallest absolute Gasteiger partial charge is 0.0965 e. The van der Waals surface area contributed by atoms with Gasteiger partial charge in [-0.25, -0.2) is 4.98 Å². The summed E-state index contributed by atoms with van der Waals surface area (Å²) in [4.78, 5) is 4.37.